The van der Waals surface area contributed by atoms with Gasteiger partial charge < -0.3 is 19.7 Å². The van der Waals surface area contributed by atoms with E-state index in [0.29, 0.717) is 23.9 Å². The van der Waals surface area contributed by atoms with Gasteiger partial charge in [-0.2, -0.15) is 4.98 Å². The van der Waals surface area contributed by atoms with E-state index in [9.17, 15) is 14.4 Å². The number of nitrogens with one attached hydrogen (secondary N) is 1. The number of carbonyl (C=O) groups is 3. The number of carboxylic acids is 1. The zero-order chi connectivity index (χ0) is 33.8. The Morgan fingerprint density at radius 2 is 1.53 bits per heavy atom. The topological polar surface area (TPSA) is 132 Å². The third kappa shape index (κ3) is 10.6. The number of carbonyl (C=O) groups excluding carboxylic acids is 2. The van der Waals surface area contributed by atoms with Gasteiger partial charge in [-0.25, -0.2) is 0 Å². The molecule has 0 bridgehead atoms. The van der Waals surface area contributed by atoms with Crippen molar-refractivity contribution in [2.45, 2.75) is 78.1 Å². The third-order valence-electron chi connectivity index (χ3n) is 8.03. The van der Waals surface area contributed by atoms with Crippen molar-refractivity contribution in [2.75, 3.05) is 13.2 Å². The molecular formula is C38H45N3O6. The summed E-state index contributed by atoms with van der Waals surface area (Å²) in [6, 6.07) is 22.4. The first kappa shape index (κ1) is 35.1. The summed E-state index contributed by atoms with van der Waals surface area (Å²) in [4.78, 5) is 41.8. The molecule has 248 valence electrons. The fraction of sp³-hybridized carbons (Fsp3) is 0.395. The minimum absolute atomic E-state index is 0.0518. The number of nitrogens with zero attached hydrogens (tertiary/aromatic N) is 2. The predicted molar refractivity (Wildman–Crippen MR) is 181 cm³/mol. The Bertz CT molecular complexity index is 1600. The maximum atomic E-state index is 13.2. The third-order valence-corrected chi connectivity index (χ3v) is 8.03. The van der Waals surface area contributed by atoms with Gasteiger partial charge in [-0.15, -0.1) is 0 Å². The summed E-state index contributed by atoms with van der Waals surface area (Å²) in [5, 5.41) is 15.6. The molecule has 0 spiro atoms. The smallest absolute Gasteiger partial charge is 0.322 e. The van der Waals surface area contributed by atoms with Crippen LogP contribution in [0, 0.1) is 5.92 Å². The zero-order valence-electron chi connectivity index (χ0n) is 27.8. The van der Waals surface area contributed by atoms with Crippen LogP contribution in [0.2, 0.25) is 0 Å². The number of carboxylic acid groups (broad SMARTS) is 1. The molecular weight excluding hydrogens is 594 g/mol. The van der Waals surface area contributed by atoms with Crippen molar-refractivity contribution in [2.24, 2.45) is 5.92 Å². The Hall–Kier alpha value is -4.79. The van der Waals surface area contributed by atoms with E-state index in [1.165, 1.54) is 25.7 Å². The van der Waals surface area contributed by atoms with E-state index < -0.39 is 24.3 Å². The van der Waals surface area contributed by atoms with Crippen LogP contribution >= 0.6 is 0 Å². The predicted octanol–water partition coefficient (Wildman–Crippen LogP) is 7.68. The lowest BCUT2D eigenvalue weighted by Crippen LogP contribution is -2.36. The average molecular weight is 640 g/mol. The molecule has 0 aliphatic rings. The van der Waals surface area contributed by atoms with Gasteiger partial charge in [-0.05, 0) is 53.6 Å². The molecule has 1 heterocycles. The SMILES string of the molecule is CCCCCCCOc1ccc(-c2nc(-c3ccc(C[C@H](CC(=O)c4ccc(C(C)(C)C)cc4)C(=O)NCC(=O)O)cc3)no2)cc1. The van der Waals surface area contributed by atoms with Crippen LogP contribution in [0.5, 0.6) is 5.75 Å². The van der Waals surface area contributed by atoms with Gasteiger partial charge in [0.15, 0.2) is 5.78 Å². The molecule has 0 radical (unpaired) electrons. The molecule has 0 saturated carbocycles. The molecule has 4 rings (SSSR count). The maximum Gasteiger partial charge on any atom is 0.322 e. The molecule has 0 saturated heterocycles. The number of rotatable bonds is 17. The molecule has 1 aromatic heterocycles. The number of amides is 1. The van der Waals surface area contributed by atoms with Gasteiger partial charge in [-0.3, -0.25) is 14.4 Å². The largest absolute Gasteiger partial charge is 0.494 e. The van der Waals surface area contributed by atoms with Gasteiger partial charge in [0, 0.05) is 29.0 Å². The fourth-order valence-corrected chi connectivity index (χ4v) is 5.18. The number of hydrogen-bond donors (Lipinski definition) is 2. The Morgan fingerprint density at radius 1 is 0.872 bits per heavy atom. The van der Waals surface area contributed by atoms with E-state index in [0.717, 1.165) is 34.4 Å². The molecule has 1 amide bonds. The van der Waals surface area contributed by atoms with Gasteiger partial charge in [0.1, 0.15) is 12.3 Å². The number of ether oxygens (including phenoxy) is 1. The van der Waals surface area contributed by atoms with E-state index in [1.807, 2.05) is 60.7 Å². The van der Waals surface area contributed by atoms with Crippen molar-refractivity contribution in [3.63, 3.8) is 0 Å². The second kappa shape index (κ2) is 16.7. The Kier molecular flexibility index (Phi) is 12.4. The summed E-state index contributed by atoms with van der Waals surface area (Å²) in [7, 11) is 0. The molecule has 0 aliphatic carbocycles. The van der Waals surface area contributed by atoms with E-state index in [2.05, 4.69) is 43.2 Å². The zero-order valence-corrected chi connectivity index (χ0v) is 27.8. The molecule has 0 unspecified atom stereocenters. The lowest BCUT2D eigenvalue weighted by molar-refractivity contribution is -0.138. The van der Waals surface area contributed by atoms with Crippen molar-refractivity contribution in [3.8, 4) is 28.6 Å². The minimum Gasteiger partial charge on any atom is -0.494 e. The van der Waals surface area contributed by atoms with Crippen LogP contribution in [-0.2, 0) is 21.4 Å². The standard InChI is InChI=1S/C38H45N3O6/c1-5-6-7-8-9-22-46-32-20-16-29(17-21-32)37-40-35(41-47-37)28-12-10-26(11-13-28)23-30(36(45)39-25-34(43)44)24-33(42)27-14-18-31(19-15-27)38(2,3)4/h10-21,30H,5-9,22-25H2,1-4H3,(H,39,45)(H,43,44)/t30-/m1/s1. The van der Waals surface area contributed by atoms with E-state index in [-0.39, 0.29) is 24.0 Å². The molecule has 9 nitrogen and oxygen atoms in total. The van der Waals surface area contributed by atoms with Gasteiger partial charge in [0.2, 0.25) is 11.7 Å². The van der Waals surface area contributed by atoms with Crippen LogP contribution in [0.3, 0.4) is 0 Å². The van der Waals surface area contributed by atoms with E-state index in [4.69, 9.17) is 14.4 Å². The van der Waals surface area contributed by atoms with E-state index >= 15 is 0 Å². The normalized spacial score (nSPS) is 12.0. The Balaban J connectivity index is 1.39. The summed E-state index contributed by atoms with van der Waals surface area (Å²) < 4.78 is 11.4. The van der Waals surface area contributed by atoms with Gasteiger partial charge >= 0.3 is 5.97 Å². The highest BCUT2D eigenvalue weighted by Gasteiger charge is 2.24. The molecule has 4 aromatic rings. The Morgan fingerprint density at radius 3 is 2.17 bits per heavy atom. The van der Waals surface area contributed by atoms with Gasteiger partial charge in [0.05, 0.1) is 6.61 Å². The van der Waals surface area contributed by atoms with Crippen molar-refractivity contribution in [1.82, 2.24) is 15.5 Å². The van der Waals surface area contributed by atoms with Crippen molar-refractivity contribution in [1.29, 1.82) is 0 Å². The van der Waals surface area contributed by atoms with Crippen LogP contribution in [0.25, 0.3) is 22.8 Å². The summed E-state index contributed by atoms with van der Waals surface area (Å²) in [6.07, 6.45) is 6.13. The molecule has 3 aromatic carbocycles. The Labute approximate surface area is 276 Å². The minimum atomic E-state index is -1.15. The van der Waals surface area contributed by atoms with E-state index in [1.54, 1.807) is 12.1 Å². The summed E-state index contributed by atoms with van der Waals surface area (Å²) >= 11 is 0. The molecule has 47 heavy (non-hydrogen) atoms. The second-order valence-corrected chi connectivity index (χ2v) is 12.9. The highest BCUT2D eigenvalue weighted by atomic mass is 16.5. The van der Waals surface area contributed by atoms with Crippen molar-refractivity contribution < 1.29 is 28.8 Å². The first-order valence-electron chi connectivity index (χ1n) is 16.3. The van der Waals surface area contributed by atoms with Crippen LogP contribution in [0.15, 0.2) is 77.3 Å². The maximum absolute atomic E-state index is 13.2. The van der Waals surface area contributed by atoms with Crippen molar-refractivity contribution in [3.05, 3.63) is 89.5 Å². The average Bonchev–Trinajstić information content (AvgIpc) is 3.55. The molecule has 0 aliphatic heterocycles. The molecule has 1 atom stereocenters. The van der Waals surface area contributed by atoms with Crippen molar-refractivity contribution >= 4 is 17.7 Å². The quantitative estimate of drug-likeness (QED) is 0.0888. The number of Topliss-reactive ketones (excluding diaryl/α,β-unsaturated/α-hetero) is 1. The fourth-order valence-electron chi connectivity index (χ4n) is 5.18. The first-order chi connectivity index (χ1) is 22.5. The molecule has 0 fully saturated rings. The van der Waals surface area contributed by atoms with Gasteiger partial charge in [-0.1, -0.05) is 107 Å². The summed E-state index contributed by atoms with van der Waals surface area (Å²) in [5.74, 6) is -0.957. The first-order valence-corrected chi connectivity index (χ1v) is 16.3. The lowest BCUT2D eigenvalue weighted by atomic mass is 9.85. The molecule has 9 heteroatoms. The summed E-state index contributed by atoms with van der Waals surface area (Å²) in [6.45, 7) is 8.68. The summed E-state index contributed by atoms with van der Waals surface area (Å²) in [5.41, 5.74) is 3.88. The lowest BCUT2D eigenvalue weighted by Gasteiger charge is -2.19. The van der Waals surface area contributed by atoms with Gasteiger partial charge in [0.25, 0.3) is 5.89 Å². The number of aliphatic carboxylic acids is 1. The second-order valence-electron chi connectivity index (χ2n) is 12.9. The van der Waals surface area contributed by atoms with Crippen LogP contribution in [0.4, 0.5) is 0 Å². The van der Waals surface area contributed by atoms with Crippen LogP contribution < -0.4 is 10.1 Å². The number of benzene rings is 3. The van der Waals surface area contributed by atoms with Crippen LogP contribution in [-0.4, -0.2) is 46.1 Å². The number of ketones is 1. The monoisotopic (exact) mass is 639 g/mol. The number of hydrogen-bond acceptors (Lipinski definition) is 7. The number of aromatic nitrogens is 2. The molecule has 2 N–H and O–H groups in total. The highest BCUT2D eigenvalue weighted by molar-refractivity contribution is 5.99. The van der Waals surface area contributed by atoms with Crippen LogP contribution in [0.1, 0.15) is 87.7 Å². The highest BCUT2D eigenvalue weighted by Crippen LogP contribution is 2.26. The number of unbranched alkanes of at least 4 members (excludes halogenated alkanes) is 4.